The van der Waals surface area contributed by atoms with Gasteiger partial charge in [-0.15, -0.1) is 5.10 Å². The second-order valence-corrected chi connectivity index (χ2v) is 9.82. The molecular weight excluding hydrogens is 550 g/mol. The summed E-state index contributed by atoms with van der Waals surface area (Å²) >= 11 is 6.32. The van der Waals surface area contributed by atoms with Crippen LogP contribution in [0.25, 0.3) is 22.5 Å². The number of aromatic nitrogens is 5. The standard InChI is InChI=1S/C28H22ClN7O5/c1-41-28(40)31-18-5-2-15(3-6-18)21-13-30-26(32-21)25-24(37)12-19-10-16(8-9-35(19)25)20-11-17(29)4-7-23(20)36-14-22(27(38)39)33-34-36/h2-8,10-11,13-14,25H,9,12H2,1H3,(H,30,32)(H,31,40)(H,38,39)/t25-/m1/s1. The lowest BCUT2D eigenvalue weighted by Gasteiger charge is -2.28. The molecule has 0 bridgehead atoms. The van der Waals surface area contributed by atoms with E-state index in [1.54, 1.807) is 36.5 Å². The number of H-pyrrole nitrogens is 1. The molecule has 1 amide bonds. The molecule has 0 radical (unpaired) electrons. The molecule has 2 aromatic heterocycles. The number of allylic oxidation sites excluding steroid dienone is 3. The minimum atomic E-state index is -1.18. The number of carboxylic acids is 1. The highest BCUT2D eigenvalue weighted by Crippen LogP contribution is 2.40. The van der Waals surface area contributed by atoms with Gasteiger partial charge in [-0.1, -0.05) is 35.0 Å². The van der Waals surface area contributed by atoms with Gasteiger partial charge in [0.1, 0.15) is 11.9 Å². The van der Waals surface area contributed by atoms with Gasteiger partial charge >= 0.3 is 12.1 Å². The number of Topliss-reactive ketones (excluding diaryl/α,β-unsaturated/α-hetero) is 1. The maximum Gasteiger partial charge on any atom is 0.411 e. The summed E-state index contributed by atoms with van der Waals surface area (Å²) in [6.45, 7) is 0.450. The number of ether oxygens (including phenoxy) is 1. The van der Waals surface area contributed by atoms with Crippen molar-refractivity contribution in [3.8, 4) is 16.9 Å². The molecule has 0 aliphatic carbocycles. The largest absolute Gasteiger partial charge is 0.476 e. The van der Waals surface area contributed by atoms with Crippen molar-refractivity contribution in [2.45, 2.75) is 12.5 Å². The molecule has 13 heteroatoms. The van der Waals surface area contributed by atoms with Crippen LogP contribution in [0.15, 0.2) is 72.7 Å². The molecule has 4 heterocycles. The van der Waals surface area contributed by atoms with Gasteiger partial charge in [0.05, 0.1) is 30.9 Å². The van der Waals surface area contributed by atoms with Crippen LogP contribution in [0.5, 0.6) is 0 Å². The van der Waals surface area contributed by atoms with Crippen molar-refractivity contribution < 1.29 is 24.2 Å². The van der Waals surface area contributed by atoms with Gasteiger partial charge in [-0.3, -0.25) is 10.1 Å². The van der Waals surface area contributed by atoms with Crippen molar-refractivity contribution in [3.05, 3.63) is 94.8 Å². The van der Waals surface area contributed by atoms with Crippen molar-refractivity contribution in [1.29, 1.82) is 0 Å². The van der Waals surface area contributed by atoms with Crippen molar-refractivity contribution in [2.75, 3.05) is 19.0 Å². The molecule has 6 rings (SSSR count). The van der Waals surface area contributed by atoms with Gasteiger partial charge in [-0.2, -0.15) is 0 Å². The third-order valence-electron chi connectivity index (χ3n) is 6.88. The van der Waals surface area contributed by atoms with E-state index in [1.165, 1.54) is 18.0 Å². The number of nitrogens with zero attached hydrogens (tertiary/aromatic N) is 5. The second kappa shape index (κ2) is 10.4. The number of rotatable bonds is 6. The highest BCUT2D eigenvalue weighted by atomic mass is 35.5. The van der Waals surface area contributed by atoms with Gasteiger partial charge in [0.2, 0.25) is 0 Å². The van der Waals surface area contributed by atoms with Crippen LogP contribution in [-0.2, 0) is 9.53 Å². The molecule has 0 unspecified atom stereocenters. The Morgan fingerprint density at radius 3 is 2.73 bits per heavy atom. The number of methoxy groups -OCH3 is 1. The fourth-order valence-electron chi connectivity index (χ4n) is 4.94. The van der Waals surface area contributed by atoms with Crippen LogP contribution in [0.3, 0.4) is 0 Å². The van der Waals surface area contributed by atoms with Gasteiger partial charge in [0.15, 0.2) is 11.5 Å². The molecule has 2 aromatic carbocycles. The van der Waals surface area contributed by atoms with Crippen molar-refractivity contribution in [2.24, 2.45) is 0 Å². The number of imidazole rings is 1. The van der Waals surface area contributed by atoms with Gasteiger partial charge in [0, 0.05) is 34.9 Å². The van der Waals surface area contributed by atoms with E-state index in [4.69, 9.17) is 11.6 Å². The lowest BCUT2D eigenvalue weighted by molar-refractivity contribution is -0.120. The SMILES string of the molecule is COC(=O)Nc1ccc(-c2cnc([C@H]3C(=O)CC4=CC(c5cc(Cl)ccc5-n5cc(C(=O)O)nn5)=CCN43)[nH]2)cc1. The normalized spacial score (nSPS) is 16.2. The molecule has 41 heavy (non-hydrogen) atoms. The second-order valence-electron chi connectivity index (χ2n) is 9.38. The lowest BCUT2D eigenvalue weighted by atomic mass is 9.99. The quantitative estimate of drug-likeness (QED) is 0.303. The van der Waals surface area contributed by atoms with Gasteiger partial charge in [-0.25, -0.2) is 19.3 Å². The number of amides is 1. The van der Waals surface area contributed by atoms with Crippen LogP contribution in [0.1, 0.15) is 34.3 Å². The molecular formula is C28H22ClN7O5. The van der Waals surface area contributed by atoms with Crippen molar-refractivity contribution in [1.82, 2.24) is 29.9 Å². The van der Waals surface area contributed by atoms with E-state index in [2.05, 4.69) is 30.3 Å². The molecule has 1 atom stereocenters. The van der Waals surface area contributed by atoms with E-state index in [0.29, 0.717) is 28.8 Å². The summed E-state index contributed by atoms with van der Waals surface area (Å²) in [5.41, 5.74) is 4.99. The first-order valence-corrected chi connectivity index (χ1v) is 12.8. The summed E-state index contributed by atoms with van der Waals surface area (Å²) in [4.78, 5) is 45.7. The van der Waals surface area contributed by atoms with E-state index in [1.807, 2.05) is 29.2 Å². The molecule has 12 nitrogen and oxygen atoms in total. The van der Waals surface area contributed by atoms with E-state index < -0.39 is 18.1 Å². The smallest absolute Gasteiger partial charge is 0.411 e. The highest BCUT2D eigenvalue weighted by molar-refractivity contribution is 6.30. The molecule has 0 saturated carbocycles. The predicted octanol–water partition coefficient (Wildman–Crippen LogP) is 4.48. The van der Waals surface area contributed by atoms with Gasteiger partial charge in [-0.05, 0) is 47.5 Å². The van der Waals surface area contributed by atoms with Crippen LogP contribution in [-0.4, -0.2) is 66.5 Å². The number of fused-ring (bicyclic) bond motifs is 1. The van der Waals surface area contributed by atoms with Crippen molar-refractivity contribution in [3.63, 3.8) is 0 Å². The molecule has 1 saturated heterocycles. The fourth-order valence-corrected chi connectivity index (χ4v) is 5.11. The molecule has 3 N–H and O–H groups in total. The molecule has 4 aromatic rings. The predicted molar refractivity (Wildman–Crippen MR) is 149 cm³/mol. The number of ketones is 1. The van der Waals surface area contributed by atoms with Crippen LogP contribution < -0.4 is 5.32 Å². The Hall–Kier alpha value is -5.23. The number of halogens is 1. The lowest BCUT2D eigenvalue weighted by Crippen LogP contribution is -2.27. The first-order valence-electron chi connectivity index (χ1n) is 12.5. The summed E-state index contributed by atoms with van der Waals surface area (Å²) in [5, 5.41) is 20.0. The number of carbonyl (C=O) groups excluding carboxylic acids is 2. The highest BCUT2D eigenvalue weighted by Gasteiger charge is 2.39. The molecule has 0 spiro atoms. The minimum absolute atomic E-state index is 0.0121. The average molecular weight is 572 g/mol. The van der Waals surface area contributed by atoms with Crippen LogP contribution in [0.4, 0.5) is 10.5 Å². The first kappa shape index (κ1) is 26.0. The molecule has 2 aliphatic heterocycles. The van der Waals surface area contributed by atoms with E-state index in [9.17, 15) is 19.5 Å². The van der Waals surface area contributed by atoms with Crippen molar-refractivity contribution >= 4 is 40.7 Å². The topological polar surface area (TPSA) is 155 Å². The number of aromatic carboxylic acids is 1. The van der Waals surface area contributed by atoms with Gasteiger partial charge < -0.3 is 19.7 Å². The number of carbonyl (C=O) groups is 3. The average Bonchev–Trinajstić information content (AvgIpc) is 3.71. The van der Waals surface area contributed by atoms with Gasteiger partial charge in [0.25, 0.3) is 0 Å². The Labute approximate surface area is 237 Å². The Bertz CT molecular complexity index is 1760. The van der Waals surface area contributed by atoms with E-state index in [0.717, 1.165) is 28.1 Å². The van der Waals surface area contributed by atoms with Crippen LogP contribution in [0.2, 0.25) is 5.02 Å². The Morgan fingerprint density at radius 1 is 1.20 bits per heavy atom. The summed E-state index contributed by atoms with van der Waals surface area (Å²) in [6, 6.07) is 11.8. The number of anilines is 1. The first-order chi connectivity index (χ1) is 19.8. The van der Waals surface area contributed by atoms with E-state index in [-0.39, 0.29) is 17.9 Å². The number of nitrogens with one attached hydrogen (secondary N) is 2. The summed E-state index contributed by atoms with van der Waals surface area (Å²) in [7, 11) is 1.30. The summed E-state index contributed by atoms with van der Waals surface area (Å²) in [6.07, 6.45) is 6.61. The number of benzene rings is 2. The zero-order valence-corrected chi connectivity index (χ0v) is 22.3. The number of hydrogen-bond donors (Lipinski definition) is 3. The third-order valence-corrected chi connectivity index (χ3v) is 7.12. The zero-order chi connectivity index (χ0) is 28.7. The number of aromatic amines is 1. The third kappa shape index (κ3) is 4.96. The molecule has 1 fully saturated rings. The molecule has 2 aliphatic rings. The van der Waals surface area contributed by atoms with E-state index >= 15 is 0 Å². The maximum absolute atomic E-state index is 13.2. The number of carboxylic acid groups (broad SMARTS) is 1. The van der Waals surface area contributed by atoms with Crippen LogP contribution in [0, 0.1) is 0 Å². The Balaban J connectivity index is 1.25. The summed E-state index contributed by atoms with van der Waals surface area (Å²) < 4.78 is 6.01. The summed E-state index contributed by atoms with van der Waals surface area (Å²) in [5.74, 6) is -0.627. The fraction of sp³-hybridized carbons (Fsp3) is 0.143. The Kier molecular flexibility index (Phi) is 6.59. The Morgan fingerprint density at radius 2 is 2.00 bits per heavy atom. The minimum Gasteiger partial charge on any atom is -0.476 e. The zero-order valence-electron chi connectivity index (χ0n) is 21.5. The number of hydrogen-bond acceptors (Lipinski definition) is 8. The van der Waals surface area contributed by atoms with Crippen LogP contribution >= 0.6 is 11.6 Å². The molecule has 206 valence electrons. The monoisotopic (exact) mass is 571 g/mol. The maximum atomic E-state index is 13.2.